The molecule has 1 heterocycles. The van der Waals surface area contributed by atoms with Crippen LogP contribution < -0.4 is 10.6 Å². The predicted octanol–water partition coefficient (Wildman–Crippen LogP) is -0.920. The highest BCUT2D eigenvalue weighted by Crippen LogP contribution is 2.08. The zero-order chi connectivity index (χ0) is 12.0. The highest BCUT2D eigenvalue weighted by atomic mass is 16.4. The normalized spacial score (nSPS) is 21.7. The van der Waals surface area contributed by atoms with Gasteiger partial charge < -0.3 is 20.8 Å². The molecule has 0 bridgehead atoms. The summed E-state index contributed by atoms with van der Waals surface area (Å²) in [7, 11) is 0. The van der Waals surface area contributed by atoms with Crippen LogP contribution in [0.2, 0.25) is 0 Å². The van der Waals surface area contributed by atoms with Gasteiger partial charge in [-0.2, -0.15) is 0 Å². The zero-order valence-corrected chi connectivity index (χ0v) is 9.11. The van der Waals surface area contributed by atoms with Crippen LogP contribution in [0.25, 0.3) is 0 Å². The maximum atomic E-state index is 11.5. The first-order chi connectivity index (χ1) is 7.63. The maximum Gasteiger partial charge on any atom is 0.326 e. The van der Waals surface area contributed by atoms with E-state index in [1.54, 1.807) is 0 Å². The van der Waals surface area contributed by atoms with Gasteiger partial charge in [-0.1, -0.05) is 0 Å². The van der Waals surface area contributed by atoms with Gasteiger partial charge >= 0.3 is 5.97 Å². The number of aliphatic hydroxyl groups excluding tert-OH is 1. The topological polar surface area (TPSA) is 98.7 Å². The molecule has 0 saturated carbocycles. The van der Waals surface area contributed by atoms with E-state index in [0.717, 1.165) is 19.4 Å². The molecule has 0 aromatic carbocycles. The first-order valence-corrected chi connectivity index (χ1v) is 5.50. The van der Waals surface area contributed by atoms with Crippen LogP contribution in [-0.2, 0) is 9.59 Å². The SMILES string of the molecule is O=C(CC1CCCN1)N[C@@H](CCO)C(=O)O. The van der Waals surface area contributed by atoms with E-state index in [2.05, 4.69) is 10.6 Å². The maximum absolute atomic E-state index is 11.5. The average Bonchev–Trinajstić information content (AvgIpc) is 2.69. The quantitative estimate of drug-likeness (QED) is 0.473. The number of carboxylic acid groups (broad SMARTS) is 1. The molecule has 0 radical (unpaired) electrons. The summed E-state index contributed by atoms with van der Waals surface area (Å²) in [5.74, 6) is -1.39. The number of carbonyl (C=O) groups excluding carboxylic acids is 1. The van der Waals surface area contributed by atoms with Gasteiger partial charge in [-0.25, -0.2) is 4.79 Å². The van der Waals surface area contributed by atoms with Crippen LogP contribution >= 0.6 is 0 Å². The summed E-state index contributed by atoms with van der Waals surface area (Å²) in [5, 5.41) is 23.0. The van der Waals surface area contributed by atoms with E-state index in [0.29, 0.717) is 6.42 Å². The molecular formula is C10H18N2O4. The van der Waals surface area contributed by atoms with Crippen molar-refractivity contribution in [1.82, 2.24) is 10.6 Å². The third-order valence-corrected chi connectivity index (χ3v) is 2.65. The highest BCUT2D eigenvalue weighted by molar-refractivity contribution is 5.83. The Morgan fingerprint density at radius 2 is 2.25 bits per heavy atom. The van der Waals surface area contributed by atoms with Crippen LogP contribution in [0.15, 0.2) is 0 Å². The molecule has 0 spiro atoms. The van der Waals surface area contributed by atoms with Crippen molar-refractivity contribution >= 4 is 11.9 Å². The Kier molecular flexibility index (Phi) is 5.21. The van der Waals surface area contributed by atoms with Gasteiger partial charge in [0.15, 0.2) is 0 Å². The molecule has 16 heavy (non-hydrogen) atoms. The van der Waals surface area contributed by atoms with Crippen molar-refractivity contribution in [1.29, 1.82) is 0 Å². The Bertz CT molecular complexity index is 251. The van der Waals surface area contributed by atoms with Gasteiger partial charge in [0.1, 0.15) is 6.04 Å². The molecule has 1 aliphatic heterocycles. The number of aliphatic carboxylic acids is 1. The lowest BCUT2D eigenvalue weighted by molar-refractivity contribution is -0.142. The fraction of sp³-hybridized carbons (Fsp3) is 0.800. The molecule has 1 unspecified atom stereocenters. The molecule has 6 nitrogen and oxygen atoms in total. The fourth-order valence-electron chi connectivity index (χ4n) is 1.79. The third kappa shape index (κ3) is 4.16. The Labute approximate surface area is 94.0 Å². The zero-order valence-electron chi connectivity index (χ0n) is 9.11. The summed E-state index contributed by atoms with van der Waals surface area (Å²) in [6.07, 6.45) is 2.34. The van der Waals surface area contributed by atoms with Gasteiger partial charge in [0.25, 0.3) is 0 Å². The monoisotopic (exact) mass is 230 g/mol. The van der Waals surface area contributed by atoms with Crippen LogP contribution in [0.5, 0.6) is 0 Å². The van der Waals surface area contributed by atoms with E-state index in [-0.39, 0.29) is 25.0 Å². The second-order valence-corrected chi connectivity index (χ2v) is 3.97. The number of hydrogen-bond acceptors (Lipinski definition) is 4. The van der Waals surface area contributed by atoms with Gasteiger partial charge in [0.2, 0.25) is 5.91 Å². The van der Waals surface area contributed by atoms with Crippen molar-refractivity contribution in [3.8, 4) is 0 Å². The molecule has 0 aliphatic carbocycles. The van der Waals surface area contributed by atoms with E-state index in [1.807, 2.05) is 0 Å². The first-order valence-electron chi connectivity index (χ1n) is 5.50. The van der Waals surface area contributed by atoms with E-state index >= 15 is 0 Å². The summed E-state index contributed by atoms with van der Waals surface area (Å²) in [5.41, 5.74) is 0. The number of rotatable bonds is 6. The summed E-state index contributed by atoms with van der Waals surface area (Å²) in [6, 6.07) is -0.831. The van der Waals surface area contributed by atoms with Gasteiger partial charge in [0, 0.05) is 25.5 Å². The number of aliphatic hydroxyl groups is 1. The van der Waals surface area contributed by atoms with E-state index in [9.17, 15) is 9.59 Å². The number of nitrogens with one attached hydrogen (secondary N) is 2. The van der Waals surface area contributed by atoms with Crippen molar-refractivity contribution in [2.75, 3.05) is 13.2 Å². The van der Waals surface area contributed by atoms with Crippen molar-refractivity contribution < 1.29 is 19.8 Å². The van der Waals surface area contributed by atoms with Crippen molar-refractivity contribution in [3.05, 3.63) is 0 Å². The van der Waals surface area contributed by atoms with Crippen molar-refractivity contribution in [3.63, 3.8) is 0 Å². The lowest BCUT2D eigenvalue weighted by Gasteiger charge is -2.15. The molecule has 0 aromatic rings. The summed E-state index contributed by atoms with van der Waals surface area (Å²) >= 11 is 0. The summed E-state index contributed by atoms with van der Waals surface area (Å²) in [4.78, 5) is 22.2. The minimum absolute atomic E-state index is 0.0408. The molecule has 1 aliphatic rings. The highest BCUT2D eigenvalue weighted by Gasteiger charge is 2.22. The molecular weight excluding hydrogens is 212 g/mol. The number of hydrogen-bond donors (Lipinski definition) is 4. The number of carbonyl (C=O) groups is 2. The molecule has 1 saturated heterocycles. The molecule has 0 aromatic heterocycles. The standard InChI is InChI=1S/C10H18N2O4/c13-5-3-8(10(15)16)12-9(14)6-7-2-1-4-11-7/h7-8,11,13H,1-6H2,(H,12,14)(H,15,16)/t7?,8-/m0/s1. The van der Waals surface area contributed by atoms with Crippen LogP contribution in [-0.4, -0.2) is 47.3 Å². The molecule has 6 heteroatoms. The van der Waals surface area contributed by atoms with E-state index in [4.69, 9.17) is 10.2 Å². The second kappa shape index (κ2) is 6.44. The molecule has 2 atom stereocenters. The van der Waals surface area contributed by atoms with E-state index in [1.165, 1.54) is 0 Å². The molecule has 92 valence electrons. The minimum Gasteiger partial charge on any atom is -0.480 e. The Morgan fingerprint density at radius 3 is 2.75 bits per heavy atom. The molecule has 1 fully saturated rings. The van der Waals surface area contributed by atoms with Gasteiger partial charge in [-0.15, -0.1) is 0 Å². The van der Waals surface area contributed by atoms with Crippen LogP contribution in [0.4, 0.5) is 0 Å². The van der Waals surface area contributed by atoms with Crippen LogP contribution in [0, 0.1) is 0 Å². The Balaban J connectivity index is 2.32. The first kappa shape index (κ1) is 12.9. The number of amides is 1. The lowest BCUT2D eigenvalue weighted by Crippen LogP contribution is -2.43. The van der Waals surface area contributed by atoms with E-state index < -0.39 is 12.0 Å². The third-order valence-electron chi connectivity index (χ3n) is 2.65. The average molecular weight is 230 g/mol. The van der Waals surface area contributed by atoms with Crippen molar-refractivity contribution in [2.24, 2.45) is 0 Å². The Morgan fingerprint density at radius 1 is 1.50 bits per heavy atom. The van der Waals surface area contributed by atoms with Crippen LogP contribution in [0.1, 0.15) is 25.7 Å². The Hall–Kier alpha value is -1.14. The molecule has 1 rings (SSSR count). The predicted molar refractivity (Wildman–Crippen MR) is 56.9 cm³/mol. The lowest BCUT2D eigenvalue weighted by atomic mass is 10.1. The van der Waals surface area contributed by atoms with Crippen molar-refractivity contribution in [2.45, 2.75) is 37.8 Å². The summed E-state index contributed by atoms with van der Waals surface area (Å²) < 4.78 is 0. The smallest absolute Gasteiger partial charge is 0.326 e. The largest absolute Gasteiger partial charge is 0.480 e. The second-order valence-electron chi connectivity index (χ2n) is 3.97. The van der Waals surface area contributed by atoms with Gasteiger partial charge in [0.05, 0.1) is 0 Å². The molecule has 4 N–H and O–H groups in total. The summed E-state index contributed by atoms with van der Waals surface area (Å²) in [6.45, 7) is 0.663. The minimum atomic E-state index is -1.11. The molecule has 1 amide bonds. The van der Waals surface area contributed by atoms with Gasteiger partial charge in [-0.3, -0.25) is 4.79 Å². The fourth-order valence-corrected chi connectivity index (χ4v) is 1.79. The van der Waals surface area contributed by atoms with Gasteiger partial charge in [-0.05, 0) is 19.4 Å². The number of carboxylic acids is 1. The van der Waals surface area contributed by atoms with Crippen LogP contribution in [0.3, 0.4) is 0 Å².